The largest absolute Gasteiger partial charge is 0.504 e. The van der Waals surface area contributed by atoms with Gasteiger partial charge in [0, 0.05) is 49.1 Å². The Morgan fingerprint density at radius 3 is 2.38 bits per heavy atom. The van der Waals surface area contributed by atoms with Gasteiger partial charge >= 0.3 is 0 Å². The standard InChI is InChI=1S/C35H32N6O4/c1-45-32-12-11-27(18-31(32)42)30-22-39-35(29(20-37)34(30)26-9-6-24(19-36)7-10-26)41-16-14-28(15-17-41)38-21-25-4-2-23(3-5-25)8-13-33(43)40-44/h2-13,18,22,28,38,42,44H,14-17,21H2,1H3,(H,40,43)/b13-8+. The summed E-state index contributed by atoms with van der Waals surface area (Å²) >= 11 is 0. The minimum atomic E-state index is -0.580. The van der Waals surface area contributed by atoms with Crippen LogP contribution in [0.5, 0.6) is 11.5 Å². The van der Waals surface area contributed by atoms with E-state index in [1.54, 1.807) is 42.0 Å². The number of aromatic nitrogens is 1. The Kier molecular flexibility index (Phi) is 9.70. The second kappa shape index (κ2) is 14.2. The highest BCUT2D eigenvalue weighted by atomic mass is 16.5. The van der Waals surface area contributed by atoms with Gasteiger partial charge in [-0.05, 0) is 65.4 Å². The van der Waals surface area contributed by atoms with Crippen LogP contribution in [0.1, 0.15) is 35.1 Å². The molecule has 1 aliphatic rings. The molecule has 4 N–H and O–H groups in total. The van der Waals surface area contributed by atoms with Gasteiger partial charge in [-0.25, -0.2) is 10.5 Å². The Hall–Kier alpha value is -5.68. The number of anilines is 1. The summed E-state index contributed by atoms with van der Waals surface area (Å²) < 4.78 is 5.21. The molecule has 10 nitrogen and oxygen atoms in total. The maximum Gasteiger partial charge on any atom is 0.267 e. The SMILES string of the molecule is COc1ccc(-c2cnc(N3CCC(NCc4ccc(/C=C/C(=O)NO)cc4)CC3)c(C#N)c2-c2ccc(C#N)cc2)cc1O. The number of hydrogen-bond acceptors (Lipinski definition) is 9. The van der Waals surface area contributed by atoms with Crippen molar-refractivity contribution in [3.8, 4) is 45.9 Å². The summed E-state index contributed by atoms with van der Waals surface area (Å²) in [5, 5.41) is 42.5. The van der Waals surface area contributed by atoms with E-state index >= 15 is 0 Å². The highest BCUT2D eigenvalue weighted by molar-refractivity contribution is 5.91. The molecule has 5 rings (SSSR count). The monoisotopic (exact) mass is 600 g/mol. The van der Waals surface area contributed by atoms with E-state index in [2.05, 4.69) is 22.4 Å². The molecule has 3 aromatic carbocycles. The number of carbonyl (C=O) groups excluding carboxylic acids is 1. The van der Waals surface area contributed by atoms with E-state index < -0.39 is 5.91 Å². The lowest BCUT2D eigenvalue weighted by molar-refractivity contribution is -0.124. The van der Waals surface area contributed by atoms with Crippen molar-refractivity contribution in [2.75, 3.05) is 25.1 Å². The number of nitrogens with one attached hydrogen (secondary N) is 2. The van der Waals surface area contributed by atoms with Crippen LogP contribution in [0.15, 0.2) is 79.0 Å². The van der Waals surface area contributed by atoms with Crippen molar-refractivity contribution in [1.82, 2.24) is 15.8 Å². The van der Waals surface area contributed by atoms with Crippen LogP contribution in [0.4, 0.5) is 5.82 Å². The third-order valence-electron chi connectivity index (χ3n) is 7.87. The van der Waals surface area contributed by atoms with Crippen molar-refractivity contribution < 1.29 is 19.8 Å². The van der Waals surface area contributed by atoms with Crippen LogP contribution < -0.4 is 20.4 Å². The lowest BCUT2D eigenvalue weighted by atomic mass is 9.91. The number of rotatable bonds is 9. The fourth-order valence-electron chi connectivity index (χ4n) is 5.45. The average molecular weight is 601 g/mol. The van der Waals surface area contributed by atoms with Crippen LogP contribution in [0.25, 0.3) is 28.3 Å². The second-order valence-electron chi connectivity index (χ2n) is 10.6. The number of benzene rings is 3. The second-order valence-corrected chi connectivity index (χ2v) is 10.6. The summed E-state index contributed by atoms with van der Waals surface area (Å²) in [4.78, 5) is 18.1. The topological polar surface area (TPSA) is 155 Å². The van der Waals surface area contributed by atoms with Crippen LogP contribution in [0.3, 0.4) is 0 Å². The number of ether oxygens (including phenoxy) is 1. The molecule has 0 aliphatic carbocycles. The van der Waals surface area contributed by atoms with Gasteiger partial charge in [0.15, 0.2) is 11.5 Å². The molecular formula is C35H32N6O4. The van der Waals surface area contributed by atoms with Gasteiger partial charge in [-0.1, -0.05) is 42.5 Å². The van der Waals surface area contributed by atoms with Crippen molar-refractivity contribution >= 4 is 17.8 Å². The number of aromatic hydroxyl groups is 1. The number of hydroxylamine groups is 1. The van der Waals surface area contributed by atoms with E-state index in [1.807, 2.05) is 42.5 Å². The smallest absolute Gasteiger partial charge is 0.267 e. The number of hydrogen-bond donors (Lipinski definition) is 4. The summed E-state index contributed by atoms with van der Waals surface area (Å²) in [5.74, 6) is 0.357. The molecule has 2 heterocycles. The van der Waals surface area contributed by atoms with Gasteiger partial charge in [0.2, 0.25) is 0 Å². The van der Waals surface area contributed by atoms with Crippen molar-refractivity contribution in [3.05, 3.63) is 101 Å². The molecule has 1 fully saturated rings. The molecule has 0 unspecified atom stereocenters. The van der Waals surface area contributed by atoms with Crippen LogP contribution >= 0.6 is 0 Å². The number of pyridine rings is 1. The minimum Gasteiger partial charge on any atom is -0.504 e. The third kappa shape index (κ3) is 7.11. The number of phenolic OH excluding ortho intramolecular Hbond substituents is 1. The van der Waals surface area contributed by atoms with E-state index in [0.717, 1.165) is 29.5 Å². The summed E-state index contributed by atoms with van der Waals surface area (Å²) in [5.41, 5.74) is 7.32. The third-order valence-corrected chi connectivity index (χ3v) is 7.87. The first-order chi connectivity index (χ1) is 21.9. The number of phenols is 1. The number of methoxy groups -OCH3 is 1. The van der Waals surface area contributed by atoms with Crippen molar-refractivity contribution in [1.29, 1.82) is 10.5 Å². The molecule has 0 atom stereocenters. The lowest BCUT2D eigenvalue weighted by Gasteiger charge is -2.34. The number of piperidine rings is 1. The first-order valence-electron chi connectivity index (χ1n) is 14.4. The highest BCUT2D eigenvalue weighted by Crippen LogP contribution is 2.41. The van der Waals surface area contributed by atoms with E-state index in [1.165, 1.54) is 13.2 Å². The predicted molar refractivity (Wildman–Crippen MR) is 170 cm³/mol. The summed E-state index contributed by atoms with van der Waals surface area (Å²) in [6, 6.07) is 24.9. The Morgan fingerprint density at radius 1 is 1.04 bits per heavy atom. The maximum absolute atomic E-state index is 11.2. The zero-order chi connectivity index (χ0) is 31.8. The van der Waals surface area contributed by atoms with Gasteiger partial charge in [0.1, 0.15) is 17.5 Å². The van der Waals surface area contributed by atoms with E-state index in [0.29, 0.717) is 65.1 Å². The maximum atomic E-state index is 11.2. The van der Waals surface area contributed by atoms with Gasteiger partial charge in [-0.2, -0.15) is 10.5 Å². The Labute approximate surface area is 261 Å². The zero-order valence-corrected chi connectivity index (χ0v) is 24.7. The number of nitriles is 2. The van der Waals surface area contributed by atoms with Crippen LogP contribution in [0, 0.1) is 22.7 Å². The van der Waals surface area contributed by atoms with E-state index in [4.69, 9.17) is 14.9 Å². The van der Waals surface area contributed by atoms with Crippen molar-refractivity contribution in [2.45, 2.75) is 25.4 Å². The molecule has 10 heteroatoms. The molecule has 1 amide bonds. The lowest BCUT2D eigenvalue weighted by Crippen LogP contribution is -2.42. The quantitative estimate of drug-likeness (QED) is 0.116. The van der Waals surface area contributed by atoms with Gasteiger partial charge in [0.05, 0.1) is 18.7 Å². The predicted octanol–water partition coefficient (Wildman–Crippen LogP) is 5.15. The summed E-state index contributed by atoms with van der Waals surface area (Å²) in [6.45, 7) is 2.12. The minimum absolute atomic E-state index is 0.0159. The number of carbonyl (C=O) groups is 1. The highest BCUT2D eigenvalue weighted by Gasteiger charge is 2.26. The normalized spacial score (nSPS) is 13.3. The molecule has 0 saturated carbocycles. The summed E-state index contributed by atoms with van der Waals surface area (Å²) in [6.07, 6.45) is 6.36. The molecule has 0 bridgehead atoms. The van der Waals surface area contributed by atoms with E-state index in [9.17, 15) is 20.4 Å². The first kappa shape index (κ1) is 30.8. The summed E-state index contributed by atoms with van der Waals surface area (Å²) in [7, 11) is 1.49. The van der Waals surface area contributed by atoms with E-state index in [-0.39, 0.29) is 5.75 Å². The fraction of sp³-hybridized carbons (Fsp3) is 0.200. The number of nitrogens with zero attached hydrogens (tertiary/aromatic N) is 4. The molecule has 0 radical (unpaired) electrons. The Bertz CT molecular complexity index is 1780. The van der Waals surface area contributed by atoms with Crippen molar-refractivity contribution in [3.63, 3.8) is 0 Å². The average Bonchev–Trinajstić information content (AvgIpc) is 3.09. The zero-order valence-electron chi connectivity index (χ0n) is 24.7. The molecule has 226 valence electrons. The number of amides is 1. The molecule has 45 heavy (non-hydrogen) atoms. The molecule has 4 aromatic rings. The molecule has 0 spiro atoms. The fourth-order valence-corrected chi connectivity index (χ4v) is 5.45. The first-order valence-corrected chi connectivity index (χ1v) is 14.4. The van der Waals surface area contributed by atoms with Gasteiger partial charge in [0.25, 0.3) is 5.91 Å². The van der Waals surface area contributed by atoms with Gasteiger partial charge < -0.3 is 20.1 Å². The Morgan fingerprint density at radius 2 is 1.76 bits per heavy atom. The van der Waals surface area contributed by atoms with Crippen LogP contribution in [-0.4, -0.2) is 47.4 Å². The van der Waals surface area contributed by atoms with Gasteiger partial charge in [-0.3, -0.25) is 10.0 Å². The molecule has 1 aromatic heterocycles. The molecule has 1 aliphatic heterocycles. The van der Waals surface area contributed by atoms with Crippen LogP contribution in [-0.2, 0) is 11.3 Å². The van der Waals surface area contributed by atoms with Gasteiger partial charge in [-0.15, -0.1) is 0 Å². The Balaban J connectivity index is 1.34. The molecular weight excluding hydrogens is 568 g/mol. The molecule has 1 saturated heterocycles. The van der Waals surface area contributed by atoms with Crippen LogP contribution in [0.2, 0.25) is 0 Å². The van der Waals surface area contributed by atoms with Crippen molar-refractivity contribution in [2.24, 2.45) is 0 Å².